The SMILES string of the molecule is C=C1C[C@H]2[C@H](C(=O)N[C@H](C)[C@@H](C)O)[C@@H](C)CC23c2ccc(C)cc2CCCN13. The molecule has 1 amide bonds. The monoisotopic (exact) mass is 382 g/mol. The van der Waals surface area contributed by atoms with Gasteiger partial charge in [-0.1, -0.05) is 37.3 Å². The van der Waals surface area contributed by atoms with Gasteiger partial charge in [-0.25, -0.2) is 0 Å². The van der Waals surface area contributed by atoms with Crippen molar-refractivity contribution in [1.29, 1.82) is 0 Å². The molecule has 4 rings (SSSR count). The lowest BCUT2D eigenvalue weighted by atomic mass is 9.76. The first-order chi connectivity index (χ1) is 13.3. The molecule has 4 nitrogen and oxygen atoms in total. The van der Waals surface area contributed by atoms with E-state index in [0.29, 0.717) is 5.92 Å². The van der Waals surface area contributed by atoms with Crippen LogP contribution in [-0.4, -0.2) is 34.6 Å². The maximum Gasteiger partial charge on any atom is 0.224 e. The van der Waals surface area contributed by atoms with Crippen molar-refractivity contribution in [2.45, 2.75) is 71.1 Å². The number of aliphatic hydroxyl groups is 1. The van der Waals surface area contributed by atoms with Gasteiger partial charge >= 0.3 is 0 Å². The van der Waals surface area contributed by atoms with Crippen molar-refractivity contribution in [3.8, 4) is 0 Å². The molecule has 1 aliphatic carbocycles. The number of hydrogen-bond acceptors (Lipinski definition) is 3. The number of benzene rings is 1. The fourth-order valence-electron chi connectivity index (χ4n) is 6.19. The molecule has 2 heterocycles. The summed E-state index contributed by atoms with van der Waals surface area (Å²) in [6, 6.07) is 6.66. The second kappa shape index (κ2) is 6.91. The number of carbonyl (C=O) groups excluding carboxylic acids is 1. The molecule has 152 valence electrons. The van der Waals surface area contributed by atoms with Crippen molar-refractivity contribution in [3.63, 3.8) is 0 Å². The van der Waals surface area contributed by atoms with Gasteiger partial charge in [-0.3, -0.25) is 4.79 Å². The van der Waals surface area contributed by atoms with Gasteiger partial charge in [0.15, 0.2) is 0 Å². The Morgan fingerprint density at radius 1 is 1.39 bits per heavy atom. The number of aliphatic hydroxyl groups excluding tert-OH is 1. The van der Waals surface area contributed by atoms with E-state index in [1.54, 1.807) is 6.92 Å². The third kappa shape index (κ3) is 2.80. The van der Waals surface area contributed by atoms with Crippen LogP contribution in [0.1, 0.15) is 56.7 Å². The Labute approximate surface area is 169 Å². The molecule has 1 aromatic rings. The highest BCUT2D eigenvalue weighted by Gasteiger charge is 2.62. The zero-order valence-corrected chi connectivity index (χ0v) is 17.7. The van der Waals surface area contributed by atoms with Crippen LogP contribution < -0.4 is 5.32 Å². The summed E-state index contributed by atoms with van der Waals surface area (Å²) in [7, 11) is 0. The van der Waals surface area contributed by atoms with E-state index in [1.165, 1.54) is 22.4 Å². The van der Waals surface area contributed by atoms with Gasteiger partial charge in [0, 0.05) is 24.1 Å². The van der Waals surface area contributed by atoms with Crippen LogP contribution in [0.25, 0.3) is 0 Å². The standard InChI is InChI=1S/C24H34N2O2/c1-14-8-9-20-19(11-14)7-6-10-26-16(3)12-21-22(15(2)13-24(20,21)26)23(28)25-17(4)18(5)27/h8-9,11,15,17-18,21-22,27H,3,6-7,10,12-13H2,1-2,4-5H3,(H,25,28)/t15-,17+,18+,21-,22+,24?/m0/s1. The number of fused-ring (bicyclic) bond motifs is 1. The third-order valence-electron chi connectivity index (χ3n) is 7.56. The van der Waals surface area contributed by atoms with Crippen LogP contribution in [0.15, 0.2) is 30.5 Å². The highest BCUT2D eigenvalue weighted by molar-refractivity contribution is 5.80. The fraction of sp³-hybridized carbons (Fsp3) is 0.625. The van der Waals surface area contributed by atoms with Crippen LogP contribution in [0.4, 0.5) is 0 Å². The highest BCUT2D eigenvalue weighted by atomic mass is 16.3. The lowest BCUT2D eigenvalue weighted by Crippen LogP contribution is -2.47. The molecule has 4 heteroatoms. The Bertz CT molecular complexity index is 802. The molecule has 1 unspecified atom stereocenters. The number of hydrogen-bond donors (Lipinski definition) is 2. The molecule has 0 aromatic heterocycles. The van der Waals surface area contributed by atoms with Crippen LogP contribution >= 0.6 is 0 Å². The van der Waals surface area contributed by atoms with Crippen LogP contribution in [-0.2, 0) is 16.8 Å². The minimum Gasteiger partial charge on any atom is -0.391 e. The van der Waals surface area contributed by atoms with Gasteiger partial charge in [0.2, 0.25) is 5.91 Å². The van der Waals surface area contributed by atoms with Gasteiger partial charge in [-0.05, 0) is 63.5 Å². The first-order valence-corrected chi connectivity index (χ1v) is 10.8. The lowest BCUT2D eigenvalue weighted by molar-refractivity contribution is -0.128. The molecule has 1 saturated carbocycles. The van der Waals surface area contributed by atoms with E-state index in [0.717, 1.165) is 32.2 Å². The van der Waals surface area contributed by atoms with Crippen molar-refractivity contribution in [1.82, 2.24) is 10.2 Å². The third-order valence-corrected chi connectivity index (χ3v) is 7.56. The predicted molar refractivity (Wildman–Crippen MR) is 112 cm³/mol. The Morgan fingerprint density at radius 3 is 2.86 bits per heavy atom. The first-order valence-electron chi connectivity index (χ1n) is 10.8. The highest BCUT2D eigenvalue weighted by Crippen LogP contribution is 2.62. The Hall–Kier alpha value is -1.81. The number of allylic oxidation sites excluding steroid dienone is 1. The van der Waals surface area contributed by atoms with E-state index in [-0.39, 0.29) is 29.3 Å². The van der Waals surface area contributed by atoms with Crippen molar-refractivity contribution in [2.75, 3.05) is 6.54 Å². The summed E-state index contributed by atoms with van der Waals surface area (Å²) in [4.78, 5) is 15.8. The van der Waals surface area contributed by atoms with Crippen LogP contribution in [0.5, 0.6) is 0 Å². The summed E-state index contributed by atoms with van der Waals surface area (Å²) in [5.41, 5.74) is 5.26. The van der Waals surface area contributed by atoms with Gasteiger partial charge < -0.3 is 15.3 Å². The van der Waals surface area contributed by atoms with E-state index in [4.69, 9.17) is 0 Å². The molecule has 28 heavy (non-hydrogen) atoms. The second-order valence-corrected chi connectivity index (χ2v) is 9.46. The lowest BCUT2D eigenvalue weighted by Gasteiger charge is -2.41. The van der Waals surface area contributed by atoms with E-state index in [1.807, 2.05) is 6.92 Å². The number of nitrogens with zero attached hydrogens (tertiary/aromatic N) is 1. The Balaban J connectivity index is 1.77. The molecular weight excluding hydrogens is 348 g/mol. The second-order valence-electron chi connectivity index (χ2n) is 9.46. The van der Waals surface area contributed by atoms with E-state index in [9.17, 15) is 9.90 Å². The summed E-state index contributed by atoms with van der Waals surface area (Å²) in [5, 5.41) is 12.9. The van der Waals surface area contributed by atoms with Gasteiger partial charge in [-0.2, -0.15) is 0 Å². The molecular formula is C24H34N2O2. The molecule has 2 fully saturated rings. The quantitative estimate of drug-likeness (QED) is 0.841. The normalized spacial score (nSPS) is 33.5. The fourth-order valence-corrected chi connectivity index (χ4v) is 6.19. The average Bonchev–Trinajstić information content (AvgIpc) is 2.97. The first kappa shape index (κ1) is 19.5. The molecule has 0 radical (unpaired) electrons. The minimum absolute atomic E-state index is 0.0461. The molecule has 3 aliphatic rings. The van der Waals surface area contributed by atoms with Gasteiger partial charge in [-0.15, -0.1) is 0 Å². The number of nitrogens with one attached hydrogen (secondary N) is 1. The Morgan fingerprint density at radius 2 is 2.14 bits per heavy atom. The van der Waals surface area contributed by atoms with Crippen molar-refractivity contribution in [3.05, 3.63) is 47.2 Å². The minimum atomic E-state index is -0.550. The summed E-state index contributed by atoms with van der Waals surface area (Å²) in [6.45, 7) is 13.4. The van der Waals surface area contributed by atoms with E-state index in [2.05, 4.69) is 48.8 Å². The van der Waals surface area contributed by atoms with Crippen LogP contribution in [0, 0.1) is 24.7 Å². The number of aryl methyl sites for hydroxylation is 2. The number of rotatable bonds is 3. The van der Waals surface area contributed by atoms with Crippen molar-refractivity contribution < 1.29 is 9.90 Å². The molecule has 0 bridgehead atoms. The van der Waals surface area contributed by atoms with Crippen LogP contribution in [0.3, 0.4) is 0 Å². The Kier molecular flexibility index (Phi) is 4.81. The molecule has 2 aliphatic heterocycles. The zero-order valence-electron chi connectivity index (χ0n) is 17.7. The maximum atomic E-state index is 13.3. The van der Waals surface area contributed by atoms with Crippen molar-refractivity contribution >= 4 is 5.91 Å². The summed E-state index contributed by atoms with van der Waals surface area (Å²) in [5.74, 6) is 0.593. The number of carbonyl (C=O) groups is 1. The van der Waals surface area contributed by atoms with Gasteiger partial charge in [0.05, 0.1) is 17.7 Å². The summed E-state index contributed by atoms with van der Waals surface area (Å²) in [6.07, 6.45) is 3.56. The van der Waals surface area contributed by atoms with E-state index >= 15 is 0 Å². The molecule has 1 saturated heterocycles. The average molecular weight is 383 g/mol. The van der Waals surface area contributed by atoms with Crippen molar-refractivity contribution in [2.24, 2.45) is 17.8 Å². The molecule has 1 aromatic carbocycles. The largest absolute Gasteiger partial charge is 0.391 e. The predicted octanol–water partition coefficient (Wildman–Crippen LogP) is 3.51. The molecule has 2 N–H and O–H groups in total. The molecule has 6 atom stereocenters. The maximum absolute atomic E-state index is 13.3. The smallest absolute Gasteiger partial charge is 0.224 e. The van der Waals surface area contributed by atoms with E-state index < -0.39 is 6.10 Å². The summed E-state index contributed by atoms with van der Waals surface area (Å²) >= 11 is 0. The topological polar surface area (TPSA) is 52.6 Å². The van der Waals surface area contributed by atoms with Gasteiger partial charge in [0.1, 0.15) is 0 Å². The number of amides is 1. The molecule has 1 spiro atoms. The summed E-state index contributed by atoms with van der Waals surface area (Å²) < 4.78 is 0. The zero-order chi connectivity index (χ0) is 20.2. The van der Waals surface area contributed by atoms with Gasteiger partial charge in [0.25, 0.3) is 0 Å². The van der Waals surface area contributed by atoms with Crippen LogP contribution in [0.2, 0.25) is 0 Å².